The number of piperazine rings is 1. The van der Waals surface area contributed by atoms with Crippen LogP contribution in [0.3, 0.4) is 0 Å². The molecule has 1 aliphatic rings. The molecule has 0 saturated carbocycles. The molecule has 1 fully saturated rings. The number of nitrogens with one attached hydrogen (secondary N) is 2. The highest BCUT2D eigenvalue weighted by Gasteiger charge is 2.24. The topological polar surface area (TPSA) is 85.5 Å². The Balaban J connectivity index is 1.93. The lowest BCUT2D eigenvalue weighted by Crippen LogP contribution is -2.53. The minimum absolute atomic E-state index is 0.0939. The second-order valence-corrected chi connectivity index (χ2v) is 4.56. The van der Waals surface area contributed by atoms with E-state index in [0.717, 1.165) is 0 Å². The number of aromatic nitrogens is 1. The molecule has 2 N–H and O–H groups in total. The Morgan fingerprint density at radius 1 is 1.20 bits per heavy atom. The first-order chi connectivity index (χ1) is 9.61. The van der Waals surface area contributed by atoms with Gasteiger partial charge in [-0.3, -0.25) is 9.59 Å². The van der Waals surface area contributed by atoms with E-state index in [0.29, 0.717) is 38.3 Å². The standard InChI is InChI=1S/C13H18N4O3/c1-2-14-13(20)17-7-5-16(6-8-17)12(19)10-3-4-11(18)15-9-10/h3-4,9H,2,5-8H2,1H3,(H,14,20)(H,15,18). The van der Waals surface area contributed by atoms with Crippen LogP contribution in [0.2, 0.25) is 0 Å². The Bertz CT molecular complexity index is 526. The van der Waals surface area contributed by atoms with E-state index < -0.39 is 0 Å². The first kappa shape index (κ1) is 14.1. The van der Waals surface area contributed by atoms with Crippen molar-refractivity contribution in [2.75, 3.05) is 32.7 Å². The molecule has 1 aromatic heterocycles. The molecule has 0 atom stereocenters. The fourth-order valence-electron chi connectivity index (χ4n) is 2.10. The molecule has 1 aromatic rings. The van der Waals surface area contributed by atoms with E-state index in [1.807, 2.05) is 6.92 Å². The highest BCUT2D eigenvalue weighted by Crippen LogP contribution is 2.07. The smallest absolute Gasteiger partial charge is 0.317 e. The van der Waals surface area contributed by atoms with Gasteiger partial charge < -0.3 is 20.1 Å². The summed E-state index contributed by atoms with van der Waals surface area (Å²) in [6.07, 6.45) is 1.42. The molecule has 3 amide bonds. The summed E-state index contributed by atoms with van der Waals surface area (Å²) in [6, 6.07) is 2.75. The first-order valence-electron chi connectivity index (χ1n) is 6.62. The number of nitrogens with zero attached hydrogens (tertiary/aromatic N) is 2. The van der Waals surface area contributed by atoms with E-state index in [1.165, 1.54) is 18.3 Å². The first-order valence-corrected chi connectivity index (χ1v) is 6.62. The Morgan fingerprint density at radius 3 is 2.40 bits per heavy atom. The summed E-state index contributed by atoms with van der Waals surface area (Å²) in [7, 11) is 0. The van der Waals surface area contributed by atoms with Gasteiger partial charge in [0.2, 0.25) is 5.56 Å². The molecule has 1 saturated heterocycles. The van der Waals surface area contributed by atoms with Gasteiger partial charge in [-0.1, -0.05) is 0 Å². The lowest BCUT2D eigenvalue weighted by atomic mass is 10.2. The quantitative estimate of drug-likeness (QED) is 0.789. The van der Waals surface area contributed by atoms with Gasteiger partial charge in [-0.15, -0.1) is 0 Å². The van der Waals surface area contributed by atoms with Gasteiger partial charge >= 0.3 is 6.03 Å². The normalized spacial score (nSPS) is 15.1. The highest BCUT2D eigenvalue weighted by molar-refractivity contribution is 5.94. The van der Waals surface area contributed by atoms with Crippen molar-refractivity contribution in [1.29, 1.82) is 0 Å². The summed E-state index contributed by atoms with van der Waals surface area (Å²) in [5.74, 6) is -0.128. The number of aromatic amines is 1. The van der Waals surface area contributed by atoms with Crippen molar-refractivity contribution in [2.45, 2.75) is 6.92 Å². The summed E-state index contributed by atoms with van der Waals surface area (Å²) in [6.45, 7) is 4.48. The van der Waals surface area contributed by atoms with Crippen LogP contribution in [0.4, 0.5) is 4.79 Å². The third-order valence-electron chi connectivity index (χ3n) is 3.21. The van der Waals surface area contributed by atoms with Crippen molar-refractivity contribution in [2.24, 2.45) is 0 Å². The summed E-state index contributed by atoms with van der Waals surface area (Å²) in [4.78, 5) is 40.7. The van der Waals surface area contributed by atoms with E-state index in [-0.39, 0.29) is 17.5 Å². The molecule has 7 nitrogen and oxygen atoms in total. The molecule has 0 spiro atoms. The number of pyridine rings is 1. The molecule has 0 radical (unpaired) electrons. The van der Waals surface area contributed by atoms with E-state index in [2.05, 4.69) is 10.3 Å². The third kappa shape index (κ3) is 3.17. The highest BCUT2D eigenvalue weighted by atomic mass is 16.2. The zero-order valence-electron chi connectivity index (χ0n) is 11.4. The summed E-state index contributed by atoms with van der Waals surface area (Å²) in [5.41, 5.74) is 0.221. The van der Waals surface area contributed by atoms with E-state index in [9.17, 15) is 14.4 Å². The van der Waals surface area contributed by atoms with Crippen molar-refractivity contribution in [3.8, 4) is 0 Å². The Hall–Kier alpha value is -2.31. The maximum Gasteiger partial charge on any atom is 0.317 e. The SMILES string of the molecule is CCNC(=O)N1CCN(C(=O)c2ccc(=O)[nH]c2)CC1. The van der Waals surface area contributed by atoms with Gasteiger partial charge in [0.15, 0.2) is 0 Å². The number of hydrogen-bond acceptors (Lipinski definition) is 3. The minimum Gasteiger partial charge on any atom is -0.338 e. The van der Waals surface area contributed by atoms with Crippen LogP contribution >= 0.6 is 0 Å². The number of amides is 3. The molecular weight excluding hydrogens is 260 g/mol. The van der Waals surface area contributed by atoms with Crippen LogP contribution in [0.1, 0.15) is 17.3 Å². The summed E-state index contributed by atoms with van der Waals surface area (Å²) in [5, 5.41) is 2.74. The monoisotopic (exact) mass is 278 g/mol. The molecule has 1 aliphatic heterocycles. The van der Waals surface area contributed by atoms with Crippen molar-refractivity contribution < 1.29 is 9.59 Å². The number of carbonyl (C=O) groups is 2. The fourth-order valence-corrected chi connectivity index (χ4v) is 2.10. The van der Waals surface area contributed by atoms with Crippen LogP contribution in [0.5, 0.6) is 0 Å². The lowest BCUT2D eigenvalue weighted by Gasteiger charge is -2.34. The average Bonchev–Trinajstić information content (AvgIpc) is 2.48. The predicted molar refractivity (Wildman–Crippen MR) is 73.6 cm³/mol. The number of rotatable bonds is 2. The zero-order chi connectivity index (χ0) is 14.5. The van der Waals surface area contributed by atoms with Gasteiger partial charge in [-0.25, -0.2) is 4.79 Å². The second kappa shape index (κ2) is 6.23. The van der Waals surface area contributed by atoms with Gasteiger partial charge in [0.25, 0.3) is 5.91 Å². The van der Waals surface area contributed by atoms with Crippen LogP contribution in [-0.2, 0) is 0 Å². The molecule has 0 bridgehead atoms. The predicted octanol–water partition coefficient (Wildman–Crippen LogP) is -0.138. The van der Waals surface area contributed by atoms with E-state index in [4.69, 9.17) is 0 Å². The molecule has 0 unspecified atom stereocenters. The zero-order valence-corrected chi connectivity index (χ0v) is 11.4. The molecule has 2 rings (SSSR count). The Kier molecular flexibility index (Phi) is 4.39. The van der Waals surface area contributed by atoms with E-state index >= 15 is 0 Å². The van der Waals surface area contributed by atoms with Crippen molar-refractivity contribution in [3.63, 3.8) is 0 Å². The van der Waals surface area contributed by atoms with Crippen LogP contribution in [0.25, 0.3) is 0 Å². The van der Waals surface area contributed by atoms with Gasteiger partial charge in [0.05, 0.1) is 5.56 Å². The van der Waals surface area contributed by atoms with Gasteiger partial charge in [-0.2, -0.15) is 0 Å². The van der Waals surface area contributed by atoms with Gasteiger partial charge in [-0.05, 0) is 13.0 Å². The average molecular weight is 278 g/mol. The van der Waals surface area contributed by atoms with Crippen molar-refractivity contribution in [1.82, 2.24) is 20.1 Å². The van der Waals surface area contributed by atoms with Crippen LogP contribution in [0, 0.1) is 0 Å². The Morgan fingerprint density at radius 2 is 1.85 bits per heavy atom. The lowest BCUT2D eigenvalue weighted by molar-refractivity contribution is 0.0665. The van der Waals surface area contributed by atoms with Crippen LogP contribution in [-0.4, -0.2) is 59.4 Å². The molecule has 2 heterocycles. The Labute approximate surface area is 116 Å². The molecular formula is C13H18N4O3. The third-order valence-corrected chi connectivity index (χ3v) is 3.21. The maximum atomic E-state index is 12.2. The van der Waals surface area contributed by atoms with Gasteiger partial charge in [0, 0.05) is 45.0 Å². The molecule has 0 aliphatic carbocycles. The fraction of sp³-hybridized carbons (Fsp3) is 0.462. The largest absolute Gasteiger partial charge is 0.338 e. The van der Waals surface area contributed by atoms with Crippen molar-refractivity contribution >= 4 is 11.9 Å². The number of urea groups is 1. The summed E-state index contributed by atoms with van der Waals surface area (Å²) < 4.78 is 0. The number of hydrogen-bond donors (Lipinski definition) is 2. The number of carbonyl (C=O) groups excluding carboxylic acids is 2. The second-order valence-electron chi connectivity index (χ2n) is 4.56. The van der Waals surface area contributed by atoms with Crippen LogP contribution in [0.15, 0.2) is 23.1 Å². The molecule has 7 heteroatoms. The van der Waals surface area contributed by atoms with Crippen LogP contribution < -0.4 is 10.9 Å². The molecule has 108 valence electrons. The minimum atomic E-state index is -0.234. The maximum absolute atomic E-state index is 12.2. The van der Waals surface area contributed by atoms with Crippen molar-refractivity contribution in [3.05, 3.63) is 34.2 Å². The number of H-pyrrole nitrogens is 1. The molecule has 0 aromatic carbocycles. The molecule has 20 heavy (non-hydrogen) atoms. The summed E-state index contributed by atoms with van der Waals surface area (Å²) >= 11 is 0. The van der Waals surface area contributed by atoms with Gasteiger partial charge in [0.1, 0.15) is 0 Å². The van der Waals surface area contributed by atoms with E-state index in [1.54, 1.807) is 9.80 Å².